The van der Waals surface area contributed by atoms with Crippen molar-refractivity contribution in [2.75, 3.05) is 5.32 Å². The second kappa shape index (κ2) is 8.21. The van der Waals surface area contributed by atoms with Gasteiger partial charge in [-0.3, -0.25) is 14.8 Å². The third-order valence-electron chi connectivity index (χ3n) is 4.85. The Morgan fingerprint density at radius 1 is 1.14 bits per heavy atom. The number of aromatic nitrogens is 4. The summed E-state index contributed by atoms with van der Waals surface area (Å²) in [6.45, 7) is 5.20. The van der Waals surface area contributed by atoms with Crippen molar-refractivity contribution in [1.29, 1.82) is 0 Å². The molecule has 0 unspecified atom stereocenters. The summed E-state index contributed by atoms with van der Waals surface area (Å²) in [5.41, 5.74) is 4.44. The Morgan fingerprint density at radius 3 is 2.66 bits per heavy atom. The van der Waals surface area contributed by atoms with E-state index in [2.05, 4.69) is 48.0 Å². The van der Waals surface area contributed by atoms with Crippen molar-refractivity contribution in [3.63, 3.8) is 0 Å². The van der Waals surface area contributed by atoms with Crippen molar-refractivity contribution in [3.8, 4) is 0 Å². The molecule has 0 spiro atoms. The standard InChI is InChI=1S/C22H22BrN5O/c1-3-28-20(14-15(2)26-28)21(29)25-22-24-18-6-4-5-7-19(18)27(22)13-12-16-8-10-17(23)11-9-16/h4-11,14H,3,12-13H2,1-2H3,(H,24,25,29). The maximum Gasteiger partial charge on any atom is 0.276 e. The number of aryl methyl sites for hydroxylation is 4. The Hall–Kier alpha value is -2.93. The third-order valence-corrected chi connectivity index (χ3v) is 5.38. The minimum atomic E-state index is -0.201. The molecule has 1 N–H and O–H groups in total. The summed E-state index contributed by atoms with van der Waals surface area (Å²) in [5.74, 6) is 0.350. The number of para-hydroxylation sites is 2. The highest BCUT2D eigenvalue weighted by Gasteiger charge is 2.18. The first-order chi connectivity index (χ1) is 14.0. The smallest absolute Gasteiger partial charge is 0.276 e. The van der Waals surface area contributed by atoms with Crippen LogP contribution in [0.2, 0.25) is 0 Å². The van der Waals surface area contributed by atoms with Gasteiger partial charge in [0.05, 0.1) is 16.7 Å². The monoisotopic (exact) mass is 451 g/mol. The van der Waals surface area contributed by atoms with E-state index < -0.39 is 0 Å². The van der Waals surface area contributed by atoms with Gasteiger partial charge < -0.3 is 4.57 Å². The molecular weight excluding hydrogens is 430 g/mol. The van der Waals surface area contributed by atoms with Gasteiger partial charge in [0.15, 0.2) is 0 Å². The van der Waals surface area contributed by atoms with E-state index in [-0.39, 0.29) is 5.91 Å². The molecule has 0 fully saturated rings. The molecule has 6 nitrogen and oxygen atoms in total. The molecule has 4 rings (SSSR count). The Labute approximate surface area is 177 Å². The molecule has 0 aliphatic rings. The molecule has 2 aromatic heterocycles. The zero-order valence-electron chi connectivity index (χ0n) is 16.4. The van der Waals surface area contributed by atoms with Gasteiger partial charge in [0.25, 0.3) is 5.91 Å². The molecular formula is C22H22BrN5O. The van der Waals surface area contributed by atoms with E-state index in [1.807, 2.05) is 50.2 Å². The van der Waals surface area contributed by atoms with Gasteiger partial charge in [0, 0.05) is 17.6 Å². The average molecular weight is 452 g/mol. The number of carbonyl (C=O) groups excluding carboxylic acids is 1. The van der Waals surface area contributed by atoms with Gasteiger partial charge in [-0.2, -0.15) is 5.10 Å². The van der Waals surface area contributed by atoms with Crippen molar-refractivity contribution < 1.29 is 4.79 Å². The zero-order valence-corrected chi connectivity index (χ0v) is 18.0. The molecule has 2 heterocycles. The van der Waals surface area contributed by atoms with Crippen LogP contribution in [0.5, 0.6) is 0 Å². The second-order valence-electron chi connectivity index (χ2n) is 6.89. The Bertz CT molecular complexity index is 1160. The van der Waals surface area contributed by atoms with Crippen molar-refractivity contribution in [2.45, 2.75) is 33.4 Å². The first kappa shape index (κ1) is 19.4. The first-order valence-electron chi connectivity index (χ1n) is 9.60. The number of hydrogen-bond donors (Lipinski definition) is 1. The highest BCUT2D eigenvalue weighted by Crippen LogP contribution is 2.21. The Kier molecular flexibility index (Phi) is 5.49. The lowest BCUT2D eigenvalue weighted by Gasteiger charge is -2.11. The van der Waals surface area contributed by atoms with Gasteiger partial charge >= 0.3 is 0 Å². The summed E-state index contributed by atoms with van der Waals surface area (Å²) in [6, 6.07) is 18.0. The third kappa shape index (κ3) is 4.10. The number of imidazole rings is 1. The molecule has 0 bridgehead atoms. The van der Waals surface area contributed by atoms with E-state index in [0.717, 1.165) is 27.6 Å². The molecule has 0 saturated heterocycles. The molecule has 0 aliphatic heterocycles. The van der Waals surface area contributed by atoms with E-state index in [1.165, 1.54) is 5.56 Å². The summed E-state index contributed by atoms with van der Waals surface area (Å²) >= 11 is 3.47. The fourth-order valence-corrected chi connectivity index (χ4v) is 3.69. The summed E-state index contributed by atoms with van der Waals surface area (Å²) in [6.07, 6.45) is 0.836. The molecule has 0 aliphatic carbocycles. The lowest BCUT2D eigenvalue weighted by atomic mass is 10.1. The van der Waals surface area contributed by atoms with Crippen LogP contribution in [0.4, 0.5) is 5.95 Å². The SMILES string of the molecule is CCn1nc(C)cc1C(=O)Nc1nc2ccccc2n1CCc1ccc(Br)cc1. The lowest BCUT2D eigenvalue weighted by Crippen LogP contribution is -2.20. The van der Waals surface area contributed by atoms with Crippen LogP contribution in [0.15, 0.2) is 59.1 Å². The second-order valence-corrected chi connectivity index (χ2v) is 7.81. The summed E-state index contributed by atoms with van der Waals surface area (Å²) in [4.78, 5) is 17.6. The quantitative estimate of drug-likeness (QED) is 0.456. The van der Waals surface area contributed by atoms with Gasteiger partial charge in [-0.05, 0) is 56.2 Å². The number of carbonyl (C=O) groups is 1. The number of anilines is 1. The van der Waals surface area contributed by atoms with E-state index in [1.54, 1.807) is 10.7 Å². The molecule has 7 heteroatoms. The number of halogens is 1. The number of nitrogens with one attached hydrogen (secondary N) is 1. The van der Waals surface area contributed by atoms with Crippen LogP contribution >= 0.6 is 15.9 Å². The summed E-state index contributed by atoms with van der Waals surface area (Å²) in [7, 11) is 0. The van der Waals surface area contributed by atoms with Crippen molar-refractivity contribution in [1.82, 2.24) is 19.3 Å². The molecule has 0 radical (unpaired) electrons. The van der Waals surface area contributed by atoms with E-state index in [4.69, 9.17) is 0 Å². The zero-order chi connectivity index (χ0) is 20.4. The Balaban J connectivity index is 1.64. The number of rotatable bonds is 6. The number of hydrogen-bond acceptors (Lipinski definition) is 3. The maximum absolute atomic E-state index is 12.9. The fraction of sp³-hybridized carbons (Fsp3) is 0.227. The maximum atomic E-state index is 12.9. The highest BCUT2D eigenvalue weighted by molar-refractivity contribution is 9.10. The number of nitrogens with zero attached hydrogens (tertiary/aromatic N) is 4. The van der Waals surface area contributed by atoms with Gasteiger partial charge in [-0.15, -0.1) is 0 Å². The van der Waals surface area contributed by atoms with Crippen LogP contribution in [0.1, 0.15) is 28.7 Å². The van der Waals surface area contributed by atoms with E-state index in [0.29, 0.717) is 24.7 Å². The molecule has 1 amide bonds. The summed E-state index contributed by atoms with van der Waals surface area (Å²) < 4.78 is 4.83. The van der Waals surface area contributed by atoms with Crippen molar-refractivity contribution in [2.24, 2.45) is 0 Å². The largest absolute Gasteiger partial charge is 0.310 e. The molecule has 29 heavy (non-hydrogen) atoms. The predicted molar refractivity (Wildman–Crippen MR) is 118 cm³/mol. The fourth-order valence-electron chi connectivity index (χ4n) is 3.42. The minimum Gasteiger partial charge on any atom is -0.310 e. The van der Waals surface area contributed by atoms with Crippen LogP contribution in [0, 0.1) is 6.92 Å². The minimum absolute atomic E-state index is 0.201. The van der Waals surface area contributed by atoms with Crippen LogP contribution in [0.25, 0.3) is 11.0 Å². The van der Waals surface area contributed by atoms with Crippen LogP contribution in [-0.4, -0.2) is 25.2 Å². The predicted octanol–water partition coefficient (Wildman–Crippen LogP) is 4.82. The van der Waals surface area contributed by atoms with Crippen molar-refractivity contribution >= 4 is 38.8 Å². The molecule has 0 atom stereocenters. The molecule has 148 valence electrons. The van der Waals surface area contributed by atoms with Gasteiger partial charge in [0.1, 0.15) is 5.69 Å². The molecule has 4 aromatic rings. The molecule has 0 saturated carbocycles. The number of fused-ring (bicyclic) bond motifs is 1. The average Bonchev–Trinajstić information content (AvgIpc) is 3.27. The Morgan fingerprint density at radius 2 is 1.90 bits per heavy atom. The van der Waals surface area contributed by atoms with Gasteiger partial charge in [0.2, 0.25) is 5.95 Å². The highest BCUT2D eigenvalue weighted by atomic mass is 79.9. The molecule has 2 aromatic carbocycles. The van der Waals surface area contributed by atoms with Gasteiger partial charge in [-0.1, -0.05) is 40.2 Å². The van der Waals surface area contributed by atoms with E-state index >= 15 is 0 Å². The van der Waals surface area contributed by atoms with Crippen LogP contribution in [-0.2, 0) is 19.5 Å². The van der Waals surface area contributed by atoms with E-state index in [9.17, 15) is 4.79 Å². The normalized spacial score (nSPS) is 11.1. The topological polar surface area (TPSA) is 64.7 Å². The lowest BCUT2D eigenvalue weighted by molar-refractivity contribution is 0.101. The number of benzene rings is 2. The summed E-state index contributed by atoms with van der Waals surface area (Å²) in [5, 5.41) is 7.36. The van der Waals surface area contributed by atoms with Gasteiger partial charge in [-0.25, -0.2) is 4.98 Å². The number of amides is 1. The van der Waals surface area contributed by atoms with Crippen LogP contribution in [0.3, 0.4) is 0 Å². The first-order valence-corrected chi connectivity index (χ1v) is 10.4. The van der Waals surface area contributed by atoms with Crippen molar-refractivity contribution in [3.05, 3.63) is 76.0 Å². The van der Waals surface area contributed by atoms with Crippen LogP contribution < -0.4 is 5.32 Å².